The van der Waals surface area contributed by atoms with E-state index in [2.05, 4.69) is 22.6 Å². The molecule has 7 nitrogen and oxygen atoms in total. The van der Waals surface area contributed by atoms with Crippen molar-refractivity contribution in [3.8, 4) is 24.8 Å². The minimum atomic E-state index is -1.26. The van der Waals surface area contributed by atoms with Crippen molar-refractivity contribution in [1.29, 1.82) is 0 Å². The van der Waals surface area contributed by atoms with Crippen molar-refractivity contribution in [1.82, 2.24) is 10.2 Å². The van der Waals surface area contributed by atoms with Crippen LogP contribution in [0.25, 0.3) is 0 Å². The van der Waals surface area contributed by atoms with Gasteiger partial charge in [0.2, 0.25) is 0 Å². The number of nitrogens with zero attached hydrogens (tertiary/aromatic N) is 1. The summed E-state index contributed by atoms with van der Waals surface area (Å²) in [7, 11) is 0. The highest BCUT2D eigenvalue weighted by atomic mass is 16.6. The van der Waals surface area contributed by atoms with Gasteiger partial charge < -0.3 is 15.4 Å². The summed E-state index contributed by atoms with van der Waals surface area (Å²) < 4.78 is 5.34. The van der Waals surface area contributed by atoms with Gasteiger partial charge in [-0.1, -0.05) is 62.6 Å². The van der Waals surface area contributed by atoms with Gasteiger partial charge in [0, 0.05) is 22.9 Å². The number of anilines is 1. The fraction of sp³-hybridized carbons (Fsp3) is 0.367. The number of alkyl carbamates (subject to hydrolysis) is 1. The van der Waals surface area contributed by atoms with Gasteiger partial charge in [-0.05, 0) is 57.7 Å². The van der Waals surface area contributed by atoms with E-state index in [1.54, 1.807) is 58.9 Å². The van der Waals surface area contributed by atoms with Gasteiger partial charge in [0.25, 0.3) is 11.8 Å². The first-order valence-corrected chi connectivity index (χ1v) is 12.0. The second kappa shape index (κ2) is 12.1. The SMILES string of the molecule is C#Cc1ccccc1C(C(=O)Nc1c(C)cccc1C)N(C#C)C(=O)C(NC(=O)OC(C)(C)C)C(C)C. The summed E-state index contributed by atoms with van der Waals surface area (Å²) in [6.07, 6.45) is 10.8. The van der Waals surface area contributed by atoms with Gasteiger partial charge in [-0.2, -0.15) is 0 Å². The van der Waals surface area contributed by atoms with Crippen molar-refractivity contribution in [3.05, 3.63) is 64.7 Å². The topological polar surface area (TPSA) is 87.7 Å². The zero-order valence-electron chi connectivity index (χ0n) is 22.5. The number of benzene rings is 2. The molecule has 0 bridgehead atoms. The lowest BCUT2D eigenvalue weighted by Gasteiger charge is -2.32. The van der Waals surface area contributed by atoms with Crippen LogP contribution in [0.4, 0.5) is 10.5 Å². The molecular formula is C30H35N3O4. The number of amides is 3. The van der Waals surface area contributed by atoms with Crippen molar-refractivity contribution < 1.29 is 19.1 Å². The van der Waals surface area contributed by atoms with E-state index in [0.717, 1.165) is 16.0 Å². The molecule has 37 heavy (non-hydrogen) atoms. The third kappa shape index (κ3) is 7.38. The number of hydrogen-bond acceptors (Lipinski definition) is 4. The maximum atomic E-state index is 13.8. The van der Waals surface area contributed by atoms with Crippen molar-refractivity contribution in [2.45, 2.75) is 66.2 Å². The number of terminal acetylenes is 2. The third-order valence-corrected chi connectivity index (χ3v) is 5.63. The first kappa shape index (κ1) is 29.0. The number of hydrogen-bond donors (Lipinski definition) is 2. The van der Waals surface area contributed by atoms with Crippen LogP contribution in [0.2, 0.25) is 0 Å². The summed E-state index contributed by atoms with van der Waals surface area (Å²) in [6, 6.07) is 12.5. The smallest absolute Gasteiger partial charge is 0.408 e. The molecule has 0 aliphatic rings. The summed E-state index contributed by atoms with van der Waals surface area (Å²) in [5.41, 5.74) is 2.36. The number of ether oxygens (including phenoxy) is 1. The average Bonchev–Trinajstić information content (AvgIpc) is 2.81. The summed E-state index contributed by atoms with van der Waals surface area (Å²) in [6.45, 7) is 12.4. The zero-order chi connectivity index (χ0) is 27.9. The largest absolute Gasteiger partial charge is 0.444 e. The molecule has 0 aliphatic carbocycles. The molecule has 7 heteroatoms. The molecule has 0 heterocycles. The fourth-order valence-electron chi connectivity index (χ4n) is 3.83. The van der Waals surface area contributed by atoms with E-state index in [9.17, 15) is 14.4 Å². The lowest BCUT2D eigenvalue weighted by Crippen LogP contribution is -2.53. The van der Waals surface area contributed by atoms with E-state index < -0.39 is 35.6 Å². The third-order valence-electron chi connectivity index (χ3n) is 5.63. The molecular weight excluding hydrogens is 466 g/mol. The van der Waals surface area contributed by atoms with E-state index >= 15 is 0 Å². The van der Waals surface area contributed by atoms with Crippen molar-refractivity contribution in [2.75, 3.05) is 5.32 Å². The molecule has 0 saturated carbocycles. The highest BCUT2D eigenvalue weighted by molar-refractivity contribution is 6.00. The van der Waals surface area contributed by atoms with Crippen molar-refractivity contribution in [2.24, 2.45) is 5.92 Å². The van der Waals surface area contributed by atoms with E-state index in [1.807, 2.05) is 32.0 Å². The Labute approximate surface area is 220 Å². The molecule has 2 N–H and O–H groups in total. The van der Waals surface area contributed by atoms with Crippen LogP contribution in [-0.2, 0) is 14.3 Å². The number of carbonyl (C=O) groups is 3. The van der Waals surface area contributed by atoms with E-state index in [-0.39, 0.29) is 5.92 Å². The van der Waals surface area contributed by atoms with Crippen LogP contribution < -0.4 is 10.6 Å². The van der Waals surface area contributed by atoms with Gasteiger partial charge in [-0.15, -0.1) is 6.42 Å². The predicted octanol–water partition coefficient (Wildman–Crippen LogP) is 4.93. The van der Waals surface area contributed by atoms with Crippen LogP contribution >= 0.6 is 0 Å². The van der Waals surface area contributed by atoms with Crippen LogP contribution in [0.1, 0.15) is 62.9 Å². The maximum Gasteiger partial charge on any atom is 0.408 e. The summed E-state index contributed by atoms with van der Waals surface area (Å²) in [5.74, 6) is 1.03. The predicted molar refractivity (Wildman–Crippen MR) is 145 cm³/mol. The van der Waals surface area contributed by atoms with Crippen LogP contribution in [0.5, 0.6) is 0 Å². The zero-order valence-corrected chi connectivity index (χ0v) is 22.5. The lowest BCUT2D eigenvalue weighted by atomic mass is 9.96. The van der Waals surface area contributed by atoms with Gasteiger partial charge >= 0.3 is 6.09 Å². The highest BCUT2D eigenvalue weighted by Gasteiger charge is 2.38. The second-order valence-electron chi connectivity index (χ2n) is 10.1. The number of para-hydroxylation sites is 1. The Balaban J connectivity index is 2.56. The highest BCUT2D eigenvalue weighted by Crippen LogP contribution is 2.29. The van der Waals surface area contributed by atoms with Gasteiger partial charge in [0.15, 0.2) is 6.04 Å². The van der Waals surface area contributed by atoms with Gasteiger partial charge in [0.05, 0.1) is 0 Å². The maximum absolute atomic E-state index is 13.8. The Kier molecular flexibility index (Phi) is 9.52. The average molecular weight is 502 g/mol. The Bertz CT molecular complexity index is 1220. The van der Waals surface area contributed by atoms with Crippen molar-refractivity contribution in [3.63, 3.8) is 0 Å². The minimum absolute atomic E-state index is 0.360. The quantitative estimate of drug-likeness (QED) is 0.416. The Morgan fingerprint density at radius 2 is 1.57 bits per heavy atom. The molecule has 2 aromatic carbocycles. The normalized spacial score (nSPS) is 12.5. The van der Waals surface area contributed by atoms with Gasteiger partial charge in [0.1, 0.15) is 11.6 Å². The van der Waals surface area contributed by atoms with Crippen LogP contribution in [-0.4, -0.2) is 34.5 Å². The number of carbonyl (C=O) groups excluding carboxylic acids is 3. The molecule has 0 radical (unpaired) electrons. The molecule has 2 rings (SSSR count). The molecule has 2 aromatic rings. The Morgan fingerprint density at radius 3 is 2.08 bits per heavy atom. The molecule has 0 aromatic heterocycles. The molecule has 194 valence electrons. The second-order valence-corrected chi connectivity index (χ2v) is 10.1. The molecule has 0 aliphatic heterocycles. The number of nitrogens with one attached hydrogen (secondary N) is 2. The van der Waals surface area contributed by atoms with Crippen LogP contribution in [0.3, 0.4) is 0 Å². The van der Waals surface area contributed by atoms with E-state index in [1.165, 1.54) is 0 Å². The monoisotopic (exact) mass is 501 g/mol. The first-order chi connectivity index (χ1) is 17.3. The first-order valence-electron chi connectivity index (χ1n) is 12.0. The van der Waals surface area contributed by atoms with Gasteiger partial charge in [-0.25, -0.2) is 4.79 Å². The lowest BCUT2D eigenvalue weighted by molar-refractivity contribution is -0.137. The van der Waals surface area contributed by atoms with E-state index in [4.69, 9.17) is 17.6 Å². The molecule has 3 amide bonds. The minimum Gasteiger partial charge on any atom is -0.444 e. The van der Waals surface area contributed by atoms with Crippen LogP contribution in [0.15, 0.2) is 42.5 Å². The molecule has 2 unspecified atom stereocenters. The standard InChI is InChI=1S/C30H35N3O4/c1-10-22-17-12-13-18-23(22)26(27(34)31-25-20(5)15-14-16-21(25)6)33(11-2)28(35)24(19(3)4)32-29(36)37-30(7,8)9/h1-2,12-19,24,26H,3-9H3,(H,31,34)(H,32,36). The molecule has 0 spiro atoms. The summed E-state index contributed by atoms with van der Waals surface area (Å²) >= 11 is 0. The molecule has 0 fully saturated rings. The Morgan fingerprint density at radius 1 is 0.973 bits per heavy atom. The van der Waals surface area contributed by atoms with Crippen molar-refractivity contribution >= 4 is 23.6 Å². The van der Waals surface area contributed by atoms with Gasteiger partial charge in [-0.3, -0.25) is 14.5 Å². The van der Waals surface area contributed by atoms with E-state index in [0.29, 0.717) is 16.8 Å². The summed E-state index contributed by atoms with van der Waals surface area (Å²) in [5, 5.41) is 5.54. The molecule has 2 atom stereocenters. The fourth-order valence-corrected chi connectivity index (χ4v) is 3.83. The summed E-state index contributed by atoms with van der Waals surface area (Å²) in [4.78, 5) is 41.1. The van der Waals surface area contributed by atoms with Crippen LogP contribution in [0, 0.1) is 44.6 Å². The number of rotatable bonds is 7. The molecule has 0 saturated heterocycles. The Hall–Kier alpha value is -4.23. The number of aryl methyl sites for hydroxylation is 2.